The summed E-state index contributed by atoms with van der Waals surface area (Å²) in [5, 5.41) is 16.0. The second-order valence-corrected chi connectivity index (χ2v) is 6.04. The number of aliphatic imine (C=N–C) groups is 1. The Hall–Kier alpha value is -2.52. The second-order valence-electron chi connectivity index (χ2n) is 4.72. The molecule has 1 aromatic carbocycles. The second kappa shape index (κ2) is 5.94. The van der Waals surface area contributed by atoms with Crippen molar-refractivity contribution >= 4 is 45.7 Å². The van der Waals surface area contributed by atoms with Crippen molar-refractivity contribution in [3.05, 3.63) is 63.8 Å². The molecule has 3 rings (SSSR count). The molecule has 0 radical (unpaired) electrons. The van der Waals surface area contributed by atoms with E-state index in [1.807, 2.05) is 16.5 Å². The molecule has 0 aromatic heterocycles. The number of rotatable bonds is 3. The molecule has 116 valence electrons. The van der Waals surface area contributed by atoms with Crippen LogP contribution in [0.3, 0.4) is 0 Å². The van der Waals surface area contributed by atoms with E-state index < -0.39 is 16.9 Å². The first-order chi connectivity index (χ1) is 11.0. The molecule has 0 fully saturated rings. The van der Waals surface area contributed by atoms with Gasteiger partial charge in [0.15, 0.2) is 5.17 Å². The van der Waals surface area contributed by atoms with Crippen LogP contribution < -0.4 is 5.32 Å². The largest absolute Gasteiger partial charge is 0.314 e. The summed E-state index contributed by atoms with van der Waals surface area (Å²) in [5.41, 5.74) is 0.553. The van der Waals surface area contributed by atoms with Crippen LogP contribution >= 0.6 is 24.0 Å². The van der Waals surface area contributed by atoms with Crippen LogP contribution in [-0.4, -0.2) is 31.9 Å². The summed E-state index contributed by atoms with van der Waals surface area (Å²) in [6.45, 7) is 3.85. The highest BCUT2D eigenvalue weighted by molar-refractivity contribution is 8.16. The maximum absolute atomic E-state index is 12.3. The SMILES string of the molecule is C=C1N=C2SC=CN2[C@@H]1C(=S)NC(=O)c1cccc([N+](=O)[O-])c1. The monoisotopic (exact) mass is 346 g/mol. The highest BCUT2D eigenvalue weighted by Crippen LogP contribution is 2.32. The van der Waals surface area contributed by atoms with Crippen molar-refractivity contribution in [1.29, 1.82) is 0 Å². The Labute approximate surface area is 140 Å². The third kappa shape index (κ3) is 2.88. The van der Waals surface area contributed by atoms with Gasteiger partial charge in [0.2, 0.25) is 0 Å². The molecule has 9 heteroatoms. The van der Waals surface area contributed by atoms with Gasteiger partial charge >= 0.3 is 0 Å². The Morgan fingerprint density at radius 1 is 1.52 bits per heavy atom. The first-order valence-corrected chi connectivity index (χ1v) is 7.75. The highest BCUT2D eigenvalue weighted by atomic mass is 32.2. The van der Waals surface area contributed by atoms with Gasteiger partial charge in [-0.15, -0.1) is 0 Å². The van der Waals surface area contributed by atoms with Gasteiger partial charge in [0.1, 0.15) is 11.0 Å². The number of nitro benzene ring substituents is 1. The fourth-order valence-corrected chi connectivity index (χ4v) is 3.31. The van der Waals surface area contributed by atoms with Crippen molar-refractivity contribution in [3.63, 3.8) is 0 Å². The van der Waals surface area contributed by atoms with Crippen molar-refractivity contribution in [2.45, 2.75) is 6.04 Å². The average molecular weight is 346 g/mol. The van der Waals surface area contributed by atoms with Gasteiger partial charge in [0, 0.05) is 23.9 Å². The third-order valence-corrected chi connectivity index (χ3v) is 4.35. The number of hydrogen-bond donors (Lipinski definition) is 1. The van der Waals surface area contributed by atoms with Gasteiger partial charge in [-0.05, 0) is 11.5 Å². The van der Waals surface area contributed by atoms with Crippen molar-refractivity contribution < 1.29 is 9.72 Å². The lowest BCUT2D eigenvalue weighted by molar-refractivity contribution is -0.384. The minimum absolute atomic E-state index is 0.154. The molecule has 0 unspecified atom stereocenters. The van der Waals surface area contributed by atoms with Crippen molar-refractivity contribution in [2.75, 3.05) is 0 Å². The summed E-state index contributed by atoms with van der Waals surface area (Å²) in [5.74, 6) is -0.504. The zero-order valence-corrected chi connectivity index (χ0v) is 13.3. The predicted octanol–water partition coefficient (Wildman–Crippen LogP) is 2.42. The number of carbonyl (C=O) groups excluding carboxylic acids is 1. The van der Waals surface area contributed by atoms with Crippen LogP contribution in [0.2, 0.25) is 0 Å². The van der Waals surface area contributed by atoms with Gasteiger partial charge in [0.25, 0.3) is 11.6 Å². The number of thioether (sulfide) groups is 1. The maximum atomic E-state index is 12.3. The number of non-ortho nitro benzene ring substituents is 1. The lowest BCUT2D eigenvalue weighted by atomic mass is 10.1. The summed E-state index contributed by atoms with van der Waals surface area (Å²) in [6.07, 6.45) is 1.82. The van der Waals surface area contributed by atoms with Crippen LogP contribution in [0.1, 0.15) is 10.4 Å². The summed E-state index contributed by atoms with van der Waals surface area (Å²) < 4.78 is 0. The summed E-state index contributed by atoms with van der Waals surface area (Å²) in [6, 6.07) is 5.04. The highest BCUT2D eigenvalue weighted by Gasteiger charge is 2.35. The Morgan fingerprint density at radius 3 is 3.04 bits per heavy atom. The third-order valence-electron chi connectivity index (χ3n) is 3.25. The molecule has 2 heterocycles. The lowest BCUT2D eigenvalue weighted by Crippen LogP contribution is -2.44. The van der Waals surface area contributed by atoms with Crippen LogP contribution in [0.15, 0.2) is 53.1 Å². The number of nitrogens with one attached hydrogen (secondary N) is 1. The Balaban J connectivity index is 1.74. The Morgan fingerprint density at radius 2 is 2.30 bits per heavy atom. The molecule has 1 amide bonds. The molecule has 1 aromatic rings. The molecular weight excluding hydrogens is 336 g/mol. The van der Waals surface area contributed by atoms with Crippen molar-refractivity contribution in [3.8, 4) is 0 Å². The minimum atomic E-state index is -0.555. The normalized spacial score (nSPS) is 18.6. The number of fused-ring (bicyclic) bond motifs is 1. The molecule has 1 N–H and O–H groups in total. The number of nitrogens with zero attached hydrogens (tertiary/aromatic N) is 3. The quantitative estimate of drug-likeness (QED) is 0.514. The van der Waals surface area contributed by atoms with E-state index in [2.05, 4.69) is 16.9 Å². The average Bonchev–Trinajstić information content (AvgIpc) is 3.06. The van der Waals surface area contributed by atoms with Gasteiger partial charge in [-0.1, -0.05) is 36.6 Å². The Kier molecular flexibility index (Phi) is 3.97. The number of thiocarbonyl (C=S) groups is 1. The zero-order valence-electron chi connectivity index (χ0n) is 11.6. The molecule has 2 aliphatic rings. The summed E-state index contributed by atoms with van der Waals surface area (Å²) >= 11 is 6.74. The fourth-order valence-electron chi connectivity index (χ4n) is 2.20. The Bertz CT molecular complexity index is 803. The van der Waals surface area contributed by atoms with E-state index in [0.717, 1.165) is 5.17 Å². The number of benzene rings is 1. The van der Waals surface area contributed by atoms with E-state index in [4.69, 9.17) is 12.2 Å². The lowest BCUT2D eigenvalue weighted by Gasteiger charge is -2.21. The fraction of sp³-hybridized carbons (Fsp3) is 0.0714. The number of amidine groups is 1. The van der Waals surface area contributed by atoms with Crippen LogP contribution in [0.25, 0.3) is 0 Å². The molecular formula is C14H10N4O3S2. The van der Waals surface area contributed by atoms with E-state index in [1.165, 1.54) is 36.0 Å². The van der Waals surface area contributed by atoms with Crippen molar-refractivity contribution in [1.82, 2.24) is 10.2 Å². The van der Waals surface area contributed by atoms with E-state index in [9.17, 15) is 14.9 Å². The zero-order chi connectivity index (χ0) is 16.6. The van der Waals surface area contributed by atoms with Crippen LogP contribution in [0.5, 0.6) is 0 Å². The smallest absolute Gasteiger partial charge is 0.270 e. The summed E-state index contributed by atoms with van der Waals surface area (Å²) in [4.78, 5) is 28.8. The van der Waals surface area contributed by atoms with E-state index >= 15 is 0 Å². The van der Waals surface area contributed by atoms with Crippen LogP contribution in [-0.2, 0) is 0 Å². The molecule has 23 heavy (non-hydrogen) atoms. The van der Waals surface area contributed by atoms with Gasteiger partial charge in [0.05, 0.1) is 10.6 Å². The molecule has 0 saturated carbocycles. The van der Waals surface area contributed by atoms with Crippen molar-refractivity contribution in [2.24, 2.45) is 4.99 Å². The van der Waals surface area contributed by atoms with Gasteiger partial charge in [-0.25, -0.2) is 4.99 Å². The maximum Gasteiger partial charge on any atom is 0.270 e. The van der Waals surface area contributed by atoms with E-state index in [1.54, 1.807) is 0 Å². The van der Waals surface area contributed by atoms with Crippen LogP contribution in [0.4, 0.5) is 5.69 Å². The molecule has 1 atom stereocenters. The molecule has 7 nitrogen and oxygen atoms in total. The summed E-state index contributed by atoms with van der Waals surface area (Å²) in [7, 11) is 0. The molecule has 2 aliphatic heterocycles. The standard InChI is InChI=1S/C14H10N4O3S2/c1-8-11(17-5-6-23-14(17)15-8)13(22)16-12(19)9-3-2-4-10(7-9)18(20)21/h2-7,11H,1H2,(H,16,19,22)/t11-/m0/s1. The predicted molar refractivity (Wildman–Crippen MR) is 92.1 cm³/mol. The molecule has 0 aliphatic carbocycles. The van der Waals surface area contributed by atoms with Gasteiger partial charge in [-0.3, -0.25) is 14.9 Å². The first-order valence-electron chi connectivity index (χ1n) is 6.46. The molecule has 0 bridgehead atoms. The molecule has 0 saturated heterocycles. The van der Waals surface area contributed by atoms with Gasteiger partial charge in [-0.2, -0.15) is 0 Å². The van der Waals surface area contributed by atoms with Gasteiger partial charge < -0.3 is 10.2 Å². The first kappa shape index (κ1) is 15.4. The topological polar surface area (TPSA) is 87.8 Å². The van der Waals surface area contributed by atoms with Crippen LogP contribution in [0, 0.1) is 10.1 Å². The number of hydrogen-bond acceptors (Lipinski definition) is 7. The number of amides is 1. The van der Waals surface area contributed by atoms with E-state index in [0.29, 0.717) is 5.70 Å². The van der Waals surface area contributed by atoms with E-state index in [-0.39, 0.29) is 16.2 Å². The number of nitro groups is 1. The minimum Gasteiger partial charge on any atom is -0.314 e. The molecule has 0 spiro atoms. The number of carbonyl (C=O) groups is 1.